The highest BCUT2D eigenvalue weighted by Crippen LogP contribution is 2.54. The third kappa shape index (κ3) is 15.9. The Labute approximate surface area is 550 Å². The van der Waals surface area contributed by atoms with Gasteiger partial charge in [-0.3, -0.25) is 60.8 Å². The number of fused-ring (bicyclic) bond motifs is 6. The third-order valence-electron chi connectivity index (χ3n) is 16.6. The van der Waals surface area contributed by atoms with Crippen molar-refractivity contribution in [2.24, 2.45) is 0 Å². The van der Waals surface area contributed by atoms with E-state index in [1.807, 2.05) is 60.7 Å². The predicted molar refractivity (Wildman–Crippen MR) is 338 cm³/mol. The number of halogens is 1. The van der Waals surface area contributed by atoms with E-state index in [2.05, 4.69) is 51.8 Å². The van der Waals surface area contributed by atoms with E-state index in [4.69, 9.17) is 32.3 Å². The zero-order valence-electron chi connectivity index (χ0n) is 51.5. The summed E-state index contributed by atoms with van der Waals surface area (Å²) in [7, 11) is -10.5. The van der Waals surface area contributed by atoms with Gasteiger partial charge >= 0.3 is 15.6 Å². The Morgan fingerprint density at radius 2 is 1.41 bits per heavy atom. The van der Waals surface area contributed by atoms with Crippen LogP contribution in [-0.2, 0) is 96.1 Å². The van der Waals surface area contributed by atoms with E-state index in [1.165, 1.54) is 10.9 Å². The van der Waals surface area contributed by atoms with E-state index in [0.717, 1.165) is 50.5 Å². The molecule has 2 bridgehead atoms. The largest absolute Gasteiger partial charge is 0.472 e. The number of amides is 6. The van der Waals surface area contributed by atoms with Crippen LogP contribution in [0.1, 0.15) is 59.5 Å². The van der Waals surface area contributed by atoms with Gasteiger partial charge in [0.1, 0.15) is 67.4 Å². The van der Waals surface area contributed by atoms with Crippen LogP contribution in [-0.4, -0.2) is 179 Å². The van der Waals surface area contributed by atoms with E-state index in [0.29, 0.717) is 42.0 Å². The van der Waals surface area contributed by atoms with Crippen LogP contribution in [0.4, 0.5) is 15.9 Å². The van der Waals surface area contributed by atoms with Crippen LogP contribution in [0.15, 0.2) is 109 Å². The molecule has 5 aliphatic rings. The zero-order valence-corrected chi connectivity index (χ0v) is 53.3. The summed E-state index contributed by atoms with van der Waals surface area (Å²) in [6.45, 7) is -3.23. The number of ether oxygens (including phenoxy) is 3. The molecular formula is C61H67FN14O19P2. The molecule has 36 heteroatoms. The van der Waals surface area contributed by atoms with Gasteiger partial charge < -0.3 is 70.5 Å². The number of anilines is 2. The summed E-state index contributed by atoms with van der Waals surface area (Å²) in [5, 5.41) is 27.6. The molecule has 7 aromatic rings. The van der Waals surface area contributed by atoms with Crippen LogP contribution in [0.25, 0.3) is 34.3 Å². The first-order valence-electron chi connectivity index (χ1n) is 30.9. The summed E-state index contributed by atoms with van der Waals surface area (Å²) in [5.41, 5.74) is 4.04. The average molecular weight is 1380 g/mol. The van der Waals surface area contributed by atoms with Crippen LogP contribution in [0.2, 0.25) is 0 Å². The van der Waals surface area contributed by atoms with Gasteiger partial charge in [0, 0.05) is 32.0 Å². The maximum atomic E-state index is 16.6. The van der Waals surface area contributed by atoms with Gasteiger partial charge in [0.25, 0.3) is 5.56 Å². The first-order valence-corrected chi connectivity index (χ1v) is 33.8. The van der Waals surface area contributed by atoms with Gasteiger partial charge in [-0.05, 0) is 46.7 Å². The van der Waals surface area contributed by atoms with Gasteiger partial charge in [-0.15, -0.1) is 0 Å². The molecule has 4 aromatic heterocycles. The maximum absolute atomic E-state index is 16.6. The number of phosphoric ester groups is 2. The lowest BCUT2D eigenvalue weighted by atomic mass is 10.0. The molecule has 5 aliphatic heterocycles. The molecule has 33 nitrogen and oxygen atoms in total. The Bertz CT molecular complexity index is 4310. The average Bonchev–Trinajstić information content (AvgIpc) is 1.61. The number of imidazole rings is 1. The number of alkyl halides is 1. The molecule has 9 N–H and O–H groups in total. The standard InChI is InChI=1S/C61H67FN14O19P2/c62-50-53-43(93-60(50)75-28-39-14-8-20-63-55-49(39)56(75)68-31-67-55)30-91-97(87,88)95-54-52(82)42(29-90-96(85,86)94-53)92-61(54)76-33-69-51-57(76)70-32-73(59(51)84)21-22-89-34-71-46(79)25-66-58(83)40(23-35-9-2-1-3-10-35)72-47(80)26-65-45(78)24-64-44(77)18-19-48(81)74-27-38-13-5-4-11-36(38)16-17-37-12-6-7-15-41(37)74/h1-7,9-13,15-17,28,31-33,40,42-43,50,52-54,60-61,82H,8,14,18-27,29-30,34H2,(H,64,77)(H,65,78)(H,66,83)(H,71,79)(H,72,80)(H,85,86)(H,87,88)(H,63,67,68)/b17-16-/t40-,42+,43+,50+,52+,53+,54+,60+,61+/m0/s1. The Hall–Kier alpha value is -9.02. The highest BCUT2D eigenvalue weighted by molar-refractivity contribution is 7.47. The fraction of sp³-hybridized carbons (Fsp3) is 0.393. The molecular weight excluding hydrogens is 1310 g/mol. The van der Waals surface area contributed by atoms with Crippen LogP contribution in [0.3, 0.4) is 0 Å². The van der Waals surface area contributed by atoms with Crippen LogP contribution < -0.4 is 42.4 Å². The second-order valence-corrected chi connectivity index (χ2v) is 25.9. The highest BCUT2D eigenvalue weighted by Gasteiger charge is 2.55. The number of benzene rings is 3. The normalized spacial score (nSPS) is 25.2. The minimum atomic E-state index is -5.29. The summed E-state index contributed by atoms with van der Waals surface area (Å²) in [6.07, 6.45) is -4.20. The second kappa shape index (κ2) is 29.8. The minimum absolute atomic E-state index is 0.00387. The number of para-hydroxylation sites is 1. The van der Waals surface area contributed by atoms with E-state index < -0.39 is 139 Å². The van der Waals surface area contributed by atoms with Crippen LogP contribution >= 0.6 is 15.6 Å². The molecule has 3 aromatic carbocycles. The van der Waals surface area contributed by atoms with Gasteiger partial charge in [0.15, 0.2) is 29.8 Å². The summed E-state index contributed by atoms with van der Waals surface area (Å²) in [4.78, 5) is 133. The van der Waals surface area contributed by atoms with Gasteiger partial charge in [0.05, 0.1) is 69.9 Å². The third-order valence-corrected chi connectivity index (χ3v) is 18.6. The molecule has 0 aliphatic carbocycles. The molecule has 3 fully saturated rings. The Kier molecular flexibility index (Phi) is 20.8. The predicted octanol–water partition coefficient (Wildman–Crippen LogP) is 1.57. The lowest BCUT2D eigenvalue weighted by Gasteiger charge is -2.27. The molecule has 11 atom stereocenters. The highest BCUT2D eigenvalue weighted by atomic mass is 31.2. The van der Waals surface area contributed by atoms with Crippen LogP contribution in [0.5, 0.6) is 0 Å². The smallest absolute Gasteiger partial charge is 0.387 e. The number of aryl methyl sites for hydroxylation is 1. The minimum Gasteiger partial charge on any atom is -0.387 e. The van der Waals surface area contributed by atoms with Crippen molar-refractivity contribution in [1.29, 1.82) is 0 Å². The maximum Gasteiger partial charge on any atom is 0.472 e. The summed E-state index contributed by atoms with van der Waals surface area (Å²) in [5.74, 6) is -3.22. The number of rotatable bonds is 20. The summed E-state index contributed by atoms with van der Waals surface area (Å²) in [6, 6.07) is 22.6. The number of carbonyl (C=O) groups excluding carboxylic acids is 6. The van der Waals surface area contributed by atoms with Crippen molar-refractivity contribution in [3.05, 3.63) is 142 Å². The Balaban J connectivity index is 0.593. The summed E-state index contributed by atoms with van der Waals surface area (Å²) < 4.78 is 86.3. The monoisotopic (exact) mass is 1380 g/mol. The van der Waals surface area contributed by atoms with Crippen molar-refractivity contribution in [1.82, 2.24) is 60.2 Å². The van der Waals surface area contributed by atoms with Gasteiger partial charge in [-0.2, -0.15) is 0 Å². The molecule has 9 heterocycles. The fourth-order valence-corrected chi connectivity index (χ4v) is 13.7. The van der Waals surface area contributed by atoms with Gasteiger partial charge in [-0.1, -0.05) is 84.9 Å². The van der Waals surface area contributed by atoms with Crippen molar-refractivity contribution in [3.8, 4) is 0 Å². The van der Waals surface area contributed by atoms with Crippen molar-refractivity contribution in [3.63, 3.8) is 0 Å². The van der Waals surface area contributed by atoms with E-state index in [-0.39, 0.29) is 61.9 Å². The number of hydrogen-bond donors (Lipinski definition) is 9. The molecule has 0 saturated carbocycles. The number of aromatic nitrogens is 7. The molecule has 97 heavy (non-hydrogen) atoms. The summed E-state index contributed by atoms with van der Waals surface area (Å²) >= 11 is 0. The number of hydrogen-bond acceptors (Lipinski definition) is 22. The van der Waals surface area contributed by atoms with Crippen molar-refractivity contribution >= 4 is 96.9 Å². The number of phosphoric acid groups is 2. The van der Waals surface area contributed by atoms with E-state index >= 15 is 4.39 Å². The van der Waals surface area contributed by atoms with Crippen molar-refractivity contribution in [2.75, 3.05) is 62.9 Å². The molecule has 6 amide bonds. The van der Waals surface area contributed by atoms with E-state index in [9.17, 15) is 57.6 Å². The first kappa shape index (κ1) is 67.9. The first-order chi connectivity index (χ1) is 46.8. The zero-order chi connectivity index (χ0) is 68.0. The van der Waals surface area contributed by atoms with Crippen LogP contribution in [0, 0.1) is 0 Å². The second-order valence-electron chi connectivity index (χ2n) is 23.1. The fourth-order valence-electron chi connectivity index (χ4n) is 11.8. The molecule has 0 spiro atoms. The Morgan fingerprint density at radius 3 is 2.23 bits per heavy atom. The molecule has 0 radical (unpaired) electrons. The molecule has 3 saturated heterocycles. The topological polar surface area (TPSA) is 421 Å². The van der Waals surface area contributed by atoms with Gasteiger partial charge in [-0.25, -0.2) is 33.5 Å². The molecule has 2 unspecified atom stereocenters. The number of nitrogens with zero attached hydrogens (tertiary/aromatic N) is 8. The van der Waals surface area contributed by atoms with E-state index in [1.54, 1.807) is 41.4 Å². The van der Waals surface area contributed by atoms with Crippen molar-refractivity contribution in [2.45, 2.75) is 100 Å². The molecule has 12 rings (SSSR count). The Morgan fingerprint density at radius 1 is 0.722 bits per heavy atom. The quantitative estimate of drug-likeness (QED) is 0.0297. The lowest BCUT2D eigenvalue weighted by molar-refractivity contribution is -0.131. The lowest BCUT2D eigenvalue weighted by Crippen LogP contribution is -2.52. The number of nitrogens with one attached hydrogen (secondary N) is 6. The van der Waals surface area contributed by atoms with Crippen molar-refractivity contribution < 1.29 is 89.5 Å². The SMILES string of the molecule is O=C(CCC(=O)N1Cc2ccccc2/C=C\c2ccccc21)NCC(=O)NCC(=O)N[C@@H](Cc1ccccc1)C(=O)NCC(=O)NCOCCn1cnc2c(ncn2[C@@H]2O[C@@H]3COP(=O)(O)O[C@H]4[C@@H](F)[C@H](n5cc6c7c(ncnc75)NCCC6)O[C@@H]4COP(=O)(O)O[C@@H]2[C@@H]3O)c1=O. The number of aliphatic hydroxyl groups excluding tert-OH is 1. The number of carbonyl (C=O) groups is 6. The van der Waals surface area contributed by atoms with Gasteiger partial charge in [0.2, 0.25) is 35.4 Å². The molecule has 512 valence electrons. The number of aliphatic hydroxyl groups is 1.